The monoisotopic (exact) mass is 365 g/mol. The lowest BCUT2D eigenvalue weighted by atomic mass is 10.1. The van der Waals surface area contributed by atoms with Crippen molar-refractivity contribution >= 4 is 31.9 Å². The minimum Gasteiger partial charge on any atom is -0.478 e. The normalized spacial score (nSPS) is 13.4. The van der Waals surface area contributed by atoms with Gasteiger partial charge in [0, 0.05) is 11.0 Å². The summed E-state index contributed by atoms with van der Waals surface area (Å²) in [6.45, 7) is 3.44. The van der Waals surface area contributed by atoms with Crippen LogP contribution in [0.4, 0.5) is 0 Å². The van der Waals surface area contributed by atoms with Crippen LogP contribution in [0.1, 0.15) is 24.2 Å². The fraction of sp³-hybridized carbons (Fsp3) is 0.417. The molecule has 0 amide bonds. The second-order valence-electron chi connectivity index (χ2n) is 4.61. The molecule has 0 heterocycles. The molecule has 1 unspecified atom stereocenters. The van der Waals surface area contributed by atoms with E-state index >= 15 is 0 Å². The third-order valence-electron chi connectivity index (χ3n) is 2.72. The topological polar surface area (TPSA) is 104 Å². The van der Waals surface area contributed by atoms with E-state index in [2.05, 4.69) is 20.7 Å². The Morgan fingerprint density at radius 2 is 2.00 bits per heavy atom. The highest BCUT2D eigenvalue weighted by Gasteiger charge is 2.20. The van der Waals surface area contributed by atoms with E-state index in [9.17, 15) is 18.3 Å². The summed E-state index contributed by atoms with van der Waals surface area (Å²) in [5.41, 5.74) is -0.0157. The first kappa shape index (κ1) is 17.1. The number of carboxylic acid groups (broad SMARTS) is 1. The number of halogens is 1. The number of aliphatic hydroxyl groups excluding tert-OH is 1. The number of hydrogen-bond donors (Lipinski definition) is 3. The van der Waals surface area contributed by atoms with Crippen molar-refractivity contribution in [2.45, 2.75) is 24.8 Å². The van der Waals surface area contributed by atoms with E-state index in [1.165, 1.54) is 18.2 Å². The summed E-state index contributed by atoms with van der Waals surface area (Å²) in [6.07, 6.45) is -0.790. The van der Waals surface area contributed by atoms with Crippen molar-refractivity contribution in [1.82, 2.24) is 4.72 Å². The van der Waals surface area contributed by atoms with E-state index in [1.807, 2.05) is 0 Å². The second kappa shape index (κ2) is 6.66. The van der Waals surface area contributed by atoms with Gasteiger partial charge >= 0.3 is 5.97 Å². The van der Waals surface area contributed by atoms with Crippen molar-refractivity contribution in [3.63, 3.8) is 0 Å². The van der Waals surface area contributed by atoms with Crippen LogP contribution in [0.25, 0.3) is 0 Å². The van der Waals surface area contributed by atoms with Gasteiger partial charge in [0.1, 0.15) is 0 Å². The molecule has 1 rings (SSSR count). The van der Waals surface area contributed by atoms with Crippen molar-refractivity contribution in [3.05, 3.63) is 28.2 Å². The molecule has 0 spiro atoms. The molecule has 0 fully saturated rings. The van der Waals surface area contributed by atoms with Crippen LogP contribution >= 0.6 is 15.9 Å². The number of carbonyl (C=O) groups is 1. The zero-order valence-electron chi connectivity index (χ0n) is 11.0. The van der Waals surface area contributed by atoms with Gasteiger partial charge in [0.25, 0.3) is 0 Å². The maximum absolute atomic E-state index is 12.1. The third kappa shape index (κ3) is 4.27. The number of aliphatic hydroxyl groups is 1. The van der Waals surface area contributed by atoms with Gasteiger partial charge in [-0.15, -0.1) is 0 Å². The molecular weight excluding hydrogens is 350 g/mol. The van der Waals surface area contributed by atoms with E-state index in [0.29, 0.717) is 0 Å². The van der Waals surface area contributed by atoms with Gasteiger partial charge in [-0.05, 0) is 40.0 Å². The molecule has 0 saturated heterocycles. The first-order chi connectivity index (χ1) is 9.15. The van der Waals surface area contributed by atoms with E-state index in [4.69, 9.17) is 5.11 Å². The SMILES string of the molecule is CC(C)C(O)CNS(=O)(=O)c1ccc(C(=O)O)cc1Br. The first-order valence-electron chi connectivity index (χ1n) is 5.85. The summed E-state index contributed by atoms with van der Waals surface area (Å²) in [4.78, 5) is 10.7. The Bertz CT molecular complexity index is 600. The minimum atomic E-state index is -3.81. The molecule has 0 aliphatic rings. The Balaban J connectivity index is 2.96. The van der Waals surface area contributed by atoms with Crippen LogP contribution in [0, 0.1) is 5.92 Å². The van der Waals surface area contributed by atoms with Crippen LogP contribution in [-0.4, -0.2) is 37.2 Å². The Hall–Kier alpha value is -0.960. The fourth-order valence-electron chi connectivity index (χ4n) is 1.36. The van der Waals surface area contributed by atoms with Crippen molar-refractivity contribution in [1.29, 1.82) is 0 Å². The van der Waals surface area contributed by atoms with Gasteiger partial charge in [-0.2, -0.15) is 0 Å². The molecule has 3 N–H and O–H groups in total. The molecular formula is C12H16BrNO5S. The molecule has 0 aliphatic heterocycles. The molecule has 0 bridgehead atoms. The Morgan fingerprint density at radius 1 is 1.40 bits per heavy atom. The zero-order valence-corrected chi connectivity index (χ0v) is 13.4. The molecule has 1 atom stereocenters. The Kier molecular flexibility index (Phi) is 5.69. The smallest absolute Gasteiger partial charge is 0.335 e. The largest absolute Gasteiger partial charge is 0.478 e. The van der Waals surface area contributed by atoms with Crippen LogP contribution in [0.2, 0.25) is 0 Å². The molecule has 0 saturated carbocycles. The van der Waals surface area contributed by atoms with Gasteiger partial charge in [0.2, 0.25) is 10.0 Å². The number of rotatable bonds is 6. The highest BCUT2D eigenvalue weighted by atomic mass is 79.9. The molecule has 112 valence electrons. The van der Waals surface area contributed by atoms with Crippen molar-refractivity contribution in [2.24, 2.45) is 5.92 Å². The predicted molar refractivity (Wildman–Crippen MR) is 77.1 cm³/mol. The summed E-state index contributed by atoms with van der Waals surface area (Å²) in [5.74, 6) is -1.21. The van der Waals surface area contributed by atoms with Gasteiger partial charge in [-0.25, -0.2) is 17.9 Å². The van der Waals surface area contributed by atoms with E-state index < -0.39 is 22.1 Å². The van der Waals surface area contributed by atoms with Crippen LogP contribution < -0.4 is 4.72 Å². The van der Waals surface area contributed by atoms with Gasteiger partial charge in [0.15, 0.2) is 0 Å². The number of benzene rings is 1. The molecule has 0 radical (unpaired) electrons. The van der Waals surface area contributed by atoms with Crippen molar-refractivity contribution in [2.75, 3.05) is 6.54 Å². The lowest BCUT2D eigenvalue weighted by Gasteiger charge is -2.15. The van der Waals surface area contributed by atoms with Crippen molar-refractivity contribution in [3.8, 4) is 0 Å². The minimum absolute atomic E-state index is 0.0157. The van der Waals surface area contributed by atoms with Crippen LogP contribution in [-0.2, 0) is 10.0 Å². The predicted octanol–water partition coefficient (Wildman–Crippen LogP) is 1.44. The van der Waals surface area contributed by atoms with Gasteiger partial charge in [0.05, 0.1) is 16.6 Å². The number of nitrogens with one attached hydrogen (secondary N) is 1. The molecule has 1 aromatic rings. The van der Waals surface area contributed by atoms with Crippen molar-refractivity contribution < 1.29 is 23.4 Å². The summed E-state index contributed by atoms with van der Waals surface area (Å²) >= 11 is 3.04. The molecule has 1 aromatic carbocycles. The highest BCUT2D eigenvalue weighted by molar-refractivity contribution is 9.10. The summed E-state index contributed by atoms with van der Waals surface area (Å²) in [6, 6.07) is 3.63. The summed E-state index contributed by atoms with van der Waals surface area (Å²) < 4.78 is 26.6. The van der Waals surface area contributed by atoms with Crippen LogP contribution in [0.15, 0.2) is 27.6 Å². The zero-order chi connectivity index (χ0) is 15.5. The van der Waals surface area contributed by atoms with E-state index in [-0.39, 0.29) is 27.4 Å². The number of aromatic carboxylic acids is 1. The van der Waals surface area contributed by atoms with Crippen LogP contribution in [0.5, 0.6) is 0 Å². The average molecular weight is 366 g/mol. The summed E-state index contributed by atoms with van der Waals surface area (Å²) in [5, 5.41) is 18.4. The molecule has 20 heavy (non-hydrogen) atoms. The lowest BCUT2D eigenvalue weighted by molar-refractivity contribution is 0.0696. The number of sulfonamides is 1. The quantitative estimate of drug-likeness (QED) is 0.707. The maximum atomic E-state index is 12.1. The molecule has 0 aliphatic carbocycles. The average Bonchev–Trinajstić information content (AvgIpc) is 2.35. The van der Waals surface area contributed by atoms with E-state index in [1.54, 1.807) is 13.8 Å². The Morgan fingerprint density at radius 3 is 2.45 bits per heavy atom. The fourth-order valence-corrected chi connectivity index (χ4v) is 3.49. The van der Waals surface area contributed by atoms with Gasteiger partial charge in [-0.3, -0.25) is 0 Å². The standard InChI is InChI=1S/C12H16BrNO5S/c1-7(2)10(15)6-14-20(18,19)11-4-3-8(12(16)17)5-9(11)13/h3-5,7,10,14-15H,6H2,1-2H3,(H,16,17). The Labute approximate surface area is 126 Å². The molecule has 6 nitrogen and oxygen atoms in total. The summed E-state index contributed by atoms with van der Waals surface area (Å²) in [7, 11) is -3.81. The second-order valence-corrected chi connectivity index (χ2v) is 7.20. The first-order valence-corrected chi connectivity index (χ1v) is 8.13. The molecule has 0 aromatic heterocycles. The van der Waals surface area contributed by atoms with Gasteiger partial charge in [-0.1, -0.05) is 13.8 Å². The molecule has 8 heteroatoms. The number of carboxylic acids is 1. The van der Waals surface area contributed by atoms with Gasteiger partial charge < -0.3 is 10.2 Å². The third-order valence-corrected chi connectivity index (χ3v) is 5.12. The van der Waals surface area contributed by atoms with Crippen LogP contribution in [0.3, 0.4) is 0 Å². The lowest BCUT2D eigenvalue weighted by Crippen LogP contribution is -2.34. The maximum Gasteiger partial charge on any atom is 0.335 e. The highest BCUT2D eigenvalue weighted by Crippen LogP contribution is 2.23. The van der Waals surface area contributed by atoms with E-state index in [0.717, 1.165) is 0 Å². The number of hydrogen-bond acceptors (Lipinski definition) is 4.